The molecule has 3 aromatic rings. The molecule has 188 valence electrons. The Hall–Kier alpha value is -2.95. The number of anilines is 1. The third-order valence-corrected chi connectivity index (χ3v) is 6.53. The van der Waals surface area contributed by atoms with Crippen LogP contribution in [-0.2, 0) is 5.60 Å². The van der Waals surface area contributed by atoms with E-state index in [1.165, 1.54) is 19.2 Å². The van der Waals surface area contributed by atoms with Crippen LogP contribution in [0.5, 0.6) is 5.75 Å². The van der Waals surface area contributed by atoms with Gasteiger partial charge < -0.3 is 26.0 Å². The summed E-state index contributed by atoms with van der Waals surface area (Å²) in [6.07, 6.45) is 2.74. The van der Waals surface area contributed by atoms with E-state index in [2.05, 4.69) is 15.3 Å². The summed E-state index contributed by atoms with van der Waals surface area (Å²) in [7, 11) is 0. The lowest BCUT2D eigenvalue weighted by atomic mass is 9.75. The minimum Gasteiger partial charge on any atom is -0.490 e. The van der Waals surface area contributed by atoms with Gasteiger partial charge in [-0.05, 0) is 53.5 Å². The normalized spacial score (nSPS) is 21.6. The molecule has 1 aromatic carbocycles. The zero-order valence-corrected chi connectivity index (χ0v) is 20.9. The number of aromatic nitrogens is 3. The zero-order chi connectivity index (χ0) is 25.9. The summed E-state index contributed by atoms with van der Waals surface area (Å²) < 4.78 is 22.9. The van der Waals surface area contributed by atoms with Gasteiger partial charge in [0, 0.05) is 23.5 Å². The summed E-state index contributed by atoms with van der Waals surface area (Å²) in [6.45, 7) is 8.38. The van der Waals surface area contributed by atoms with E-state index in [9.17, 15) is 15.0 Å². The standard InChI is InChI=1S/C24H29ClFN5O4/c1-11(2)35-19-14(24(5,34)22-29-12(3)18-20(27)28-6-7-31(18)22)8-15(25)17(26)16(19)21(33)30-23(4)9-13(32)10-23/h6-8,11,13,32,34H,9-10H2,1-5H3,(H2,27,28)(H,30,33)/t13?,23?,24-/m0/s1. The summed E-state index contributed by atoms with van der Waals surface area (Å²) in [5.74, 6) is -1.49. The maximum Gasteiger partial charge on any atom is 0.258 e. The number of rotatable bonds is 6. The first kappa shape index (κ1) is 25.2. The van der Waals surface area contributed by atoms with Crippen molar-refractivity contribution in [3.05, 3.63) is 51.9 Å². The van der Waals surface area contributed by atoms with Gasteiger partial charge in [-0.2, -0.15) is 0 Å². The monoisotopic (exact) mass is 505 g/mol. The molecular weight excluding hydrogens is 477 g/mol. The topological polar surface area (TPSA) is 135 Å². The number of nitrogens with two attached hydrogens (primary N) is 1. The fraction of sp³-hybridized carbons (Fsp3) is 0.458. The molecule has 4 rings (SSSR count). The first-order valence-electron chi connectivity index (χ1n) is 11.3. The maximum atomic E-state index is 15.4. The van der Waals surface area contributed by atoms with Crippen molar-refractivity contribution in [3.63, 3.8) is 0 Å². The van der Waals surface area contributed by atoms with Crippen LogP contribution < -0.4 is 15.8 Å². The Bertz CT molecular complexity index is 1320. The van der Waals surface area contributed by atoms with Crippen LogP contribution in [0.4, 0.5) is 10.2 Å². The predicted octanol–water partition coefficient (Wildman–Crippen LogP) is 3.10. The molecule has 2 heterocycles. The molecule has 1 saturated carbocycles. The van der Waals surface area contributed by atoms with Crippen molar-refractivity contribution >= 4 is 28.8 Å². The Morgan fingerprint density at radius 3 is 2.71 bits per heavy atom. The Balaban J connectivity index is 1.92. The van der Waals surface area contributed by atoms with Crippen molar-refractivity contribution < 1.29 is 24.1 Å². The van der Waals surface area contributed by atoms with Gasteiger partial charge in [0.25, 0.3) is 5.91 Å². The number of nitrogen functional groups attached to an aromatic ring is 1. The van der Waals surface area contributed by atoms with Crippen molar-refractivity contribution in [1.29, 1.82) is 0 Å². The molecule has 0 radical (unpaired) electrons. The molecule has 35 heavy (non-hydrogen) atoms. The van der Waals surface area contributed by atoms with Crippen LogP contribution in [-0.4, -0.2) is 48.2 Å². The van der Waals surface area contributed by atoms with E-state index in [1.54, 1.807) is 38.3 Å². The van der Waals surface area contributed by atoms with E-state index in [0.717, 1.165) is 0 Å². The molecule has 1 amide bonds. The van der Waals surface area contributed by atoms with Gasteiger partial charge in [-0.3, -0.25) is 9.20 Å². The second kappa shape index (κ2) is 8.61. The number of ether oxygens (including phenoxy) is 1. The third kappa shape index (κ3) is 4.30. The number of benzene rings is 1. The lowest BCUT2D eigenvalue weighted by Gasteiger charge is -2.43. The molecule has 0 bridgehead atoms. The number of halogens is 2. The summed E-state index contributed by atoms with van der Waals surface area (Å²) in [4.78, 5) is 21.9. The number of nitrogens with zero attached hydrogens (tertiary/aromatic N) is 3. The smallest absolute Gasteiger partial charge is 0.258 e. The Morgan fingerprint density at radius 1 is 1.46 bits per heavy atom. The van der Waals surface area contributed by atoms with Crippen molar-refractivity contribution in [3.8, 4) is 5.75 Å². The highest BCUT2D eigenvalue weighted by Crippen LogP contribution is 2.42. The molecule has 0 aliphatic heterocycles. The van der Waals surface area contributed by atoms with Gasteiger partial charge in [0.05, 0.1) is 22.9 Å². The third-order valence-electron chi connectivity index (χ3n) is 6.26. The van der Waals surface area contributed by atoms with Gasteiger partial charge in [-0.1, -0.05) is 11.6 Å². The number of carbonyl (C=O) groups excluding carboxylic acids is 1. The van der Waals surface area contributed by atoms with Crippen LogP contribution in [0.15, 0.2) is 18.5 Å². The Kier molecular flexibility index (Phi) is 6.19. The van der Waals surface area contributed by atoms with E-state index in [-0.39, 0.29) is 28.0 Å². The highest BCUT2D eigenvalue weighted by Gasteiger charge is 2.43. The van der Waals surface area contributed by atoms with Gasteiger partial charge in [-0.15, -0.1) is 0 Å². The quantitative estimate of drug-likeness (QED) is 0.404. The first-order valence-corrected chi connectivity index (χ1v) is 11.6. The minimum absolute atomic E-state index is 0.0591. The highest BCUT2D eigenvalue weighted by atomic mass is 35.5. The van der Waals surface area contributed by atoms with Crippen molar-refractivity contribution in [2.24, 2.45) is 0 Å². The first-order chi connectivity index (χ1) is 16.2. The second-order valence-electron chi connectivity index (χ2n) is 9.79. The van der Waals surface area contributed by atoms with Gasteiger partial charge in [0.15, 0.2) is 5.82 Å². The number of nitrogens with one attached hydrogen (secondary N) is 1. The lowest BCUT2D eigenvalue weighted by molar-refractivity contribution is 0.0126. The summed E-state index contributed by atoms with van der Waals surface area (Å²) in [5.41, 5.74) is 4.11. The summed E-state index contributed by atoms with van der Waals surface area (Å²) >= 11 is 6.24. The number of imidazole rings is 1. The van der Waals surface area contributed by atoms with Gasteiger partial charge in [0.2, 0.25) is 0 Å². The predicted molar refractivity (Wildman–Crippen MR) is 129 cm³/mol. The number of aliphatic hydroxyl groups is 2. The lowest BCUT2D eigenvalue weighted by Crippen LogP contribution is -2.57. The van der Waals surface area contributed by atoms with Crippen LogP contribution in [0.25, 0.3) is 5.52 Å². The van der Waals surface area contributed by atoms with Crippen LogP contribution >= 0.6 is 11.6 Å². The van der Waals surface area contributed by atoms with Crippen molar-refractivity contribution in [1.82, 2.24) is 19.7 Å². The number of fused-ring (bicyclic) bond motifs is 1. The van der Waals surface area contributed by atoms with Gasteiger partial charge in [0.1, 0.15) is 34.1 Å². The molecule has 1 fully saturated rings. The van der Waals surface area contributed by atoms with Crippen molar-refractivity contribution in [2.45, 2.75) is 70.8 Å². The van der Waals surface area contributed by atoms with Crippen LogP contribution in [0.1, 0.15) is 68.0 Å². The SMILES string of the molecule is Cc1nc([C@@](C)(O)c2cc(Cl)c(F)c(C(=O)NC3(C)CC(O)C3)c2OC(C)C)n2ccnc(N)c12. The largest absolute Gasteiger partial charge is 0.490 e. The summed E-state index contributed by atoms with van der Waals surface area (Å²) in [5, 5.41) is 23.9. The number of aliphatic hydroxyl groups excluding tert-OH is 1. The molecule has 2 aromatic heterocycles. The fourth-order valence-corrected chi connectivity index (χ4v) is 4.86. The zero-order valence-electron chi connectivity index (χ0n) is 20.2. The van der Waals surface area contributed by atoms with Gasteiger partial charge >= 0.3 is 0 Å². The molecular formula is C24H29ClFN5O4. The second-order valence-corrected chi connectivity index (χ2v) is 10.2. The van der Waals surface area contributed by atoms with E-state index in [0.29, 0.717) is 24.1 Å². The van der Waals surface area contributed by atoms with Crippen LogP contribution in [0.2, 0.25) is 5.02 Å². The Labute approximate surface area is 207 Å². The highest BCUT2D eigenvalue weighted by molar-refractivity contribution is 6.31. The Morgan fingerprint density at radius 2 is 2.11 bits per heavy atom. The van der Waals surface area contributed by atoms with Crippen LogP contribution in [0, 0.1) is 12.7 Å². The van der Waals surface area contributed by atoms with E-state index in [1.807, 2.05) is 0 Å². The minimum atomic E-state index is -1.88. The molecule has 1 aliphatic rings. The van der Waals surface area contributed by atoms with Crippen molar-refractivity contribution in [2.75, 3.05) is 5.73 Å². The number of carbonyl (C=O) groups is 1. The molecule has 0 saturated heterocycles. The molecule has 5 N–H and O–H groups in total. The average molecular weight is 506 g/mol. The number of amides is 1. The van der Waals surface area contributed by atoms with Crippen LogP contribution in [0.3, 0.4) is 0 Å². The molecule has 1 atom stereocenters. The fourth-order valence-electron chi connectivity index (χ4n) is 4.66. The molecule has 1 aliphatic carbocycles. The molecule has 0 unspecified atom stereocenters. The van der Waals surface area contributed by atoms with E-state index in [4.69, 9.17) is 22.1 Å². The van der Waals surface area contributed by atoms with E-state index >= 15 is 4.39 Å². The molecule has 9 nitrogen and oxygen atoms in total. The average Bonchev–Trinajstić information content (AvgIpc) is 3.07. The maximum absolute atomic E-state index is 15.4. The van der Waals surface area contributed by atoms with Gasteiger partial charge in [-0.25, -0.2) is 14.4 Å². The molecule has 0 spiro atoms. The van der Waals surface area contributed by atoms with E-state index < -0.39 is 40.6 Å². The molecule has 11 heteroatoms. The number of aryl methyl sites for hydroxylation is 1. The summed E-state index contributed by atoms with van der Waals surface area (Å²) in [6, 6.07) is 1.24. The number of hydrogen-bond donors (Lipinski definition) is 4. The number of hydrogen-bond acceptors (Lipinski definition) is 7.